The van der Waals surface area contributed by atoms with Gasteiger partial charge in [-0.05, 0) is 19.8 Å². The first-order chi connectivity index (χ1) is 6.59. The molecule has 0 spiro atoms. The maximum absolute atomic E-state index is 11.2. The van der Waals surface area contributed by atoms with Crippen LogP contribution in [0.4, 0.5) is 0 Å². The molecule has 2 N–H and O–H groups in total. The molecular weight excluding hydrogens is 200 g/mol. The Balaban J connectivity index is 2.01. The minimum absolute atomic E-state index is 0.0431. The average molecular weight is 218 g/mol. The van der Waals surface area contributed by atoms with Crippen molar-refractivity contribution in [1.29, 1.82) is 0 Å². The monoisotopic (exact) mass is 218 g/mol. The van der Waals surface area contributed by atoms with Gasteiger partial charge < -0.3 is 10.6 Å². The van der Waals surface area contributed by atoms with Gasteiger partial charge in [0.25, 0.3) is 0 Å². The molecule has 2 unspecified atom stereocenters. The molecule has 14 heavy (non-hydrogen) atoms. The van der Waals surface area contributed by atoms with E-state index in [1.165, 1.54) is 0 Å². The summed E-state index contributed by atoms with van der Waals surface area (Å²) in [6, 6.07) is 0.419. The van der Waals surface area contributed by atoms with Crippen LogP contribution < -0.4 is 10.6 Å². The Morgan fingerprint density at radius 3 is 2.71 bits per heavy atom. The molecule has 0 saturated heterocycles. The molecule has 0 radical (unpaired) electrons. The van der Waals surface area contributed by atoms with Crippen molar-refractivity contribution in [2.24, 2.45) is 0 Å². The number of carbonyl (C=O) groups is 1. The van der Waals surface area contributed by atoms with E-state index in [4.69, 9.17) is 0 Å². The van der Waals surface area contributed by atoms with E-state index in [9.17, 15) is 9.00 Å². The van der Waals surface area contributed by atoms with Gasteiger partial charge in [-0.15, -0.1) is 0 Å². The Bertz CT molecular complexity index is 229. The van der Waals surface area contributed by atoms with Crippen LogP contribution in [-0.2, 0) is 15.6 Å². The molecule has 1 saturated carbocycles. The van der Waals surface area contributed by atoms with E-state index < -0.39 is 10.8 Å². The van der Waals surface area contributed by atoms with Crippen molar-refractivity contribution in [2.75, 3.05) is 19.3 Å². The van der Waals surface area contributed by atoms with Crippen LogP contribution in [-0.4, -0.2) is 40.8 Å². The van der Waals surface area contributed by atoms with Gasteiger partial charge in [0.15, 0.2) is 0 Å². The topological polar surface area (TPSA) is 58.2 Å². The standard InChI is InChI=1S/C9H18N2O2S/c1-7(14(2)13)5-10-6-9(12)11-8-3-4-8/h7-8,10H,3-6H2,1-2H3,(H,11,12). The number of nitrogens with one attached hydrogen (secondary N) is 2. The lowest BCUT2D eigenvalue weighted by molar-refractivity contribution is -0.120. The average Bonchev–Trinajstić information content (AvgIpc) is 2.87. The smallest absolute Gasteiger partial charge is 0.234 e. The van der Waals surface area contributed by atoms with Crippen LogP contribution in [0.25, 0.3) is 0 Å². The van der Waals surface area contributed by atoms with Crippen molar-refractivity contribution in [3.63, 3.8) is 0 Å². The fourth-order valence-corrected chi connectivity index (χ4v) is 1.37. The lowest BCUT2D eigenvalue weighted by Gasteiger charge is -2.09. The van der Waals surface area contributed by atoms with E-state index >= 15 is 0 Å². The van der Waals surface area contributed by atoms with Gasteiger partial charge in [0, 0.05) is 34.9 Å². The second-order valence-corrected chi connectivity index (χ2v) is 5.58. The highest BCUT2D eigenvalue weighted by atomic mass is 32.2. The molecule has 0 aromatic heterocycles. The zero-order valence-corrected chi connectivity index (χ0v) is 9.52. The number of carbonyl (C=O) groups excluding carboxylic acids is 1. The highest BCUT2D eigenvalue weighted by Gasteiger charge is 2.22. The highest BCUT2D eigenvalue weighted by Crippen LogP contribution is 2.18. The molecule has 0 heterocycles. The Kier molecular flexibility index (Phi) is 4.54. The molecule has 1 rings (SSSR count). The van der Waals surface area contributed by atoms with Gasteiger partial charge in [-0.2, -0.15) is 0 Å². The summed E-state index contributed by atoms with van der Waals surface area (Å²) in [6.45, 7) is 2.86. The summed E-state index contributed by atoms with van der Waals surface area (Å²) in [4.78, 5) is 11.2. The second-order valence-electron chi connectivity index (χ2n) is 3.78. The summed E-state index contributed by atoms with van der Waals surface area (Å²) in [6.07, 6.45) is 3.90. The fourth-order valence-electron chi connectivity index (χ4n) is 1.01. The second kappa shape index (κ2) is 5.46. The maximum atomic E-state index is 11.2. The van der Waals surface area contributed by atoms with Crippen LogP contribution in [0.3, 0.4) is 0 Å². The van der Waals surface area contributed by atoms with Crippen LogP contribution in [0.1, 0.15) is 19.8 Å². The molecule has 1 aliphatic rings. The van der Waals surface area contributed by atoms with Gasteiger partial charge >= 0.3 is 0 Å². The van der Waals surface area contributed by atoms with Crippen molar-refractivity contribution >= 4 is 16.7 Å². The van der Waals surface area contributed by atoms with Crippen molar-refractivity contribution in [1.82, 2.24) is 10.6 Å². The number of amides is 1. The van der Waals surface area contributed by atoms with Crippen LogP contribution in [0.15, 0.2) is 0 Å². The van der Waals surface area contributed by atoms with Crippen LogP contribution in [0.2, 0.25) is 0 Å². The molecule has 4 nitrogen and oxygen atoms in total. The predicted molar refractivity (Wildman–Crippen MR) is 57.6 cm³/mol. The SMILES string of the molecule is CC(CNCC(=O)NC1CC1)S(C)=O. The molecule has 1 fully saturated rings. The Morgan fingerprint density at radius 1 is 1.57 bits per heavy atom. The van der Waals surface area contributed by atoms with E-state index in [1.807, 2.05) is 6.92 Å². The van der Waals surface area contributed by atoms with Crippen molar-refractivity contribution in [3.8, 4) is 0 Å². The summed E-state index contributed by atoms with van der Waals surface area (Å²) < 4.78 is 11.0. The molecule has 2 atom stereocenters. The van der Waals surface area contributed by atoms with Crippen LogP contribution in [0.5, 0.6) is 0 Å². The quantitative estimate of drug-likeness (QED) is 0.639. The van der Waals surface area contributed by atoms with Crippen LogP contribution >= 0.6 is 0 Å². The molecule has 0 aliphatic heterocycles. The number of hydrogen-bond acceptors (Lipinski definition) is 3. The summed E-state index contributed by atoms with van der Waals surface area (Å²) >= 11 is 0. The van der Waals surface area contributed by atoms with E-state index in [0.29, 0.717) is 19.1 Å². The molecular formula is C9H18N2O2S. The molecule has 1 amide bonds. The molecule has 0 aromatic carbocycles. The third-order valence-electron chi connectivity index (χ3n) is 2.23. The zero-order valence-electron chi connectivity index (χ0n) is 8.71. The van der Waals surface area contributed by atoms with Gasteiger partial charge in [-0.3, -0.25) is 9.00 Å². The van der Waals surface area contributed by atoms with Crippen molar-refractivity contribution in [3.05, 3.63) is 0 Å². The first-order valence-electron chi connectivity index (χ1n) is 4.92. The van der Waals surface area contributed by atoms with Gasteiger partial charge in [-0.25, -0.2) is 0 Å². The zero-order chi connectivity index (χ0) is 10.6. The normalized spacial score (nSPS) is 20.1. The predicted octanol–water partition coefficient (Wildman–Crippen LogP) is -0.378. The van der Waals surface area contributed by atoms with E-state index in [1.54, 1.807) is 6.26 Å². The summed E-state index contributed by atoms with van der Waals surface area (Å²) in [7, 11) is -0.818. The number of rotatable bonds is 6. The third kappa shape index (κ3) is 4.72. The lowest BCUT2D eigenvalue weighted by atomic mass is 10.4. The molecule has 0 aromatic rings. The van der Waals surface area contributed by atoms with E-state index in [-0.39, 0.29) is 11.2 Å². The van der Waals surface area contributed by atoms with Gasteiger partial charge in [-0.1, -0.05) is 0 Å². The van der Waals surface area contributed by atoms with E-state index in [2.05, 4.69) is 10.6 Å². The largest absolute Gasteiger partial charge is 0.352 e. The summed E-state index contributed by atoms with van der Waals surface area (Å²) in [5.41, 5.74) is 0. The van der Waals surface area contributed by atoms with E-state index in [0.717, 1.165) is 12.8 Å². The fraction of sp³-hybridized carbons (Fsp3) is 0.889. The molecule has 1 aliphatic carbocycles. The van der Waals surface area contributed by atoms with Gasteiger partial charge in [0.2, 0.25) is 5.91 Å². The Hall–Kier alpha value is -0.420. The van der Waals surface area contributed by atoms with Crippen LogP contribution in [0, 0.1) is 0 Å². The van der Waals surface area contributed by atoms with Gasteiger partial charge in [0.05, 0.1) is 6.54 Å². The Labute approximate surface area is 87.3 Å². The first kappa shape index (κ1) is 11.7. The highest BCUT2D eigenvalue weighted by molar-refractivity contribution is 7.84. The van der Waals surface area contributed by atoms with Gasteiger partial charge in [0.1, 0.15) is 0 Å². The van der Waals surface area contributed by atoms with Crippen molar-refractivity contribution < 1.29 is 9.00 Å². The Morgan fingerprint density at radius 2 is 2.21 bits per heavy atom. The molecule has 82 valence electrons. The molecule has 5 heteroatoms. The summed E-state index contributed by atoms with van der Waals surface area (Å²) in [5.74, 6) is 0.0431. The number of hydrogen-bond donors (Lipinski definition) is 2. The third-order valence-corrected chi connectivity index (χ3v) is 3.53. The van der Waals surface area contributed by atoms with Crippen molar-refractivity contribution in [2.45, 2.75) is 31.1 Å². The summed E-state index contributed by atoms with van der Waals surface area (Å²) in [5, 5.41) is 5.97. The molecule has 0 bridgehead atoms. The maximum Gasteiger partial charge on any atom is 0.234 e. The lowest BCUT2D eigenvalue weighted by Crippen LogP contribution is -2.38. The minimum Gasteiger partial charge on any atom is -0.352 e. The minimum atomic E-state index is -0.818. The first-order valence-corrected chi connectivity index (χ1v) is 6.54.